The van der Waals surface area contributed by atoms with Gasteiger partial charge in [0.05, 0.1) is 5.60 Å². The summed E-state index contributed by atoms with van der Waals surface area (Å²) in [6.45, 7) is 6.73. The summed E-state index contributed by atoms with van der Waals surface area (Å²) >= 11 is 0. The van der Waals surface area contributed by atoms with Crippen molar-refractivity contribution in [2.45, 2.75) is 45.3 Å². The number of aliphatic hydroxyl groups is 1. The molecule has 16 heavy (non-hydrogen) atoms. The zero-order valence-corrected chi connectivity index (χ0v) is 10.4. The monoisotopic (exact) mass is 222 g/mol. The molecule has 0 aliphatic carbocycles. The van der Waals surface area contributed by atoms with Crippen molar-refractivity contribution in [2.24, 2.45) is 0 Å². The summed E-state index contributed by atoms with van der Waals surface area (Å²) in [7, 11) is 0. The molecule has 0 spiro atoms. The predicted molar refractivity (Wildman–Crippen MR) is 66.2 cm³/mol. The maximum atomic E-state index is 10.1. The zero-order chi connectivity index (χ0) is 12.0. The summed E-state index contributed by atoms with van der Waals surface area (Å²) in [6.07, 6.45) is 5.17. The topological polar surface area (TPSA) is 45.1 Å². The molecule has 3 nitrogen and oxygen atoms in total. The average molecular weight is 222 g/mol. The number of hydrogen-bond donors (Lipinski definition) is 2. The molecule has 0 aliphatic rings. The molecule has 1 rings (SSSR count). The third kappa shape index (κ3) is 3.58. The molecule has 90 valence electrons. The first kappa shape index (κ1) is 13.1. The second-order valence-electron chi connectivity index (χ2n) is 4.32. The summed E-state index contributed by atoms with van der Waals surface area (Å²) in [4.78, 5) is 4.09. The fraction of sp³-hybridized carbons (Fsp3) is 0.615. The van der Waals surface area contributed by atoms with Crippen LogP contribution in [0.25, 0.3) is 0 Å². The summed E-state index contributed by atoms with van der Waals surface area (Å²) in [5.74, 6) is 0. The fourth-order valence-corrected chi connectivity index (χ4v) is 1.59. The van der Waals surface area contributed by atoms with E-state index in [4.69, 9.17) is 0 Å². The maximum absolute atomic E-state index is 10.1. The maximum Gasteiger partial charge on any atom is 0.0766 e. The van der Waals surface area contributed by atoms with Crippen LogP contribution in [0.4, 0.5) is 0 Å². The Kier molecular flexibility index (Phi) is 4.90. The minimum Gasteiger partial charge on any atom is -0.389 e. The van der Waals surface area contributed by atoms with Crippen LogP contribution >= 0.6 is 0 Å². The molecule has 0 aromatic carbocycles. The molecular weight excluding hydrogens is 200 g/mol. The van der Waals surface area contributed by atoms with Gasteiger partial charge in [-0.15, -0.1) is 0 Å². The Morgan fingerprint density at radius 1 is 1.44 bits per heavy atom. The highest BCUT2D eigenvalue weighted by Gasteiger charge is 2.22. The van der Waals surface area contributed by atoms with E-state index in [2.05, 4.69) is 17.2 Å². The zero-order valence-electron chi connectivity index (χ0n) is 10.4. The molecule has 0 saturated heterocycles. The van der Waals surface area contributed by atoms with Gasteiger partial charge in [0.1, 0.15) is 0 Å². The van der Waals surface area contributed by atoms with E-state index in [9.17, 15) is 5.11 Å². The van der Waals surface area contributed by atoms with E-state index in [0.717, 1.165) is 18.4 Å². The fourth-order valence-electron chi connectivity index (χ4n) is 1.59. The Balaban J connectivity index is 2.50. The first-order valence-electron chi connectivity index (χ1n) is 5.97. The lowest BCUT2D eigenvalue weighted by atomic mass is 9.97. The minimum atomic E-state index is -0.587. The second kappa shape index (κ2) is 5.97. The Morgan fingerprint density at radius 3 is 2.62 bits per heavy atom. The van der Waals surface area contributed by atoms with Crippen LogP contribution in [-0.2, 0) is 0 Å². The number of nitrogens with zero attached hydrogens (tertiary/aromatic N) is 1. The highest BCUT2D eigenvalue weighted by atomic mass is 16.3. The van der Waals surface area contributed by atoms with Gasteiger partial charge in [0, 0.05) is 25.0 Å². The van der Waals surface area contributed by atoms with Crippen molar-refractivity contribution in [1.29, 1.82) is 0 Å². The molecule has 1 aromatic rings. The van der Waals surface area contributed by atoms with Crippen LogP contribution < -0.4 is 5.32 Å². The van der Waals surface area contributed by atoms with Gasteiger partial charge in [-0.3, -0.25) is 4.98 Å². The average Bonchev–Trinajstić information content (AvgIpc) is 2.36. The smallest absolute Gasteiger partial charge is 0.0766 e. The first-order valence-corrected chi connectivity index (χ1v) is 5.97. The van der Waals surface area contributed by atoms with Gasteiger partial charge < -0.3 is 10.4 Å². The molecule has 0 saturated carbocycles. The van der Waals surface area contributed by atoms with Gasteiger partial charge in [-0.2, -0.15) is 0 Å². The molecule has 1 atom stereocenters. The lowest BCUT2D eigenvalue weighted by molar-refractivity contribution is 0.0303. The van der Waals surface area contributed by atoms with Gasteiger partial charge >= 0.3 is 0 Å². The van der Waals surface area contributed by atoms with Crippen LogP contribution in [0.5, 0.6) is 0 Å². The van der Waals surface area contributed by atoms with Gasteiger partial charge in [0.2, 0.25) is 0 Å². The molecule has 2 N–H and O–H groups in total. The van der Waals surface area contributed by atoms with Crippen LogP contribution in [0.3, 0.4) is 0 Å². The molecule has 0 unspecified atom stereocenters. The van der Waals surface area contributed by atoms with E-state index in [0.29, 0.717) is 6.54 Å². The van der Waals surface area contributed by atoms with Gasteiger partial charge in [-0.05, 0) is 31.4 Å². The molecule has 3 heteroatoms. The summed E-state index contributed by atoms with van der Waals surface area (Å²) in [5, 5.41) is 13.5. The summed E-state index contributed by atoms with van der Waals surface area (Å²) in [5.41, 5.74) is 0.563. The number of hydrogen-bond acceptors (Lipinski definition) is 3. The number of nitrogens with one attached hydrogen (secondary N) is 1. The summed E-state index contributed by atoms with van der Waals surface area (Å²) in [6, 6.07) is 4.19. The quantitative estimate of drug-likeness (QED) is 0.776. The Bertz CT molecular complexity index is 296. The van der Waals surface area contributed by atoms with E-state index in [-0.39, 0.29) is 6.04 Å². The number of aromatic nitrogens is 1. The van der Waals surface area contributed by atoms with Crippen molar-refractivity contribution in [2.75, 3.05) is 6.54 Å². The van der Waals surface area contributed by atoms with Crippen molar-refractivity contribution >= 4 is 0 Å². The van der Waals surface area contributed by atoms with E-state index in [1.165, 1.54) is 0 Å². The van der Waals surface area contributed by atoms with E-state index >= 15 is 0 Å². The van der Waals surface area contributed by atoms with E-state index in [1.54, 1.807) is 6.20 Å². The standard InChI is InChI=1S/C13H22N2O/c1-4-13(16,5-2)10-15-11(3)12-7-6-8-14-9-12/h6-9,11,15-16H,4-5,10H2,1-3H3/t11-/m1/s1. The second-order valence-corrected chi connectivity index (χ2v) is 4.32. The first-order chi connectivity index (χ1) is 7.61. The number of pyridine rings is 1. The predicted octanol–water partition coefficient (Wildman–Crippen LogP) is 2.28. The highest BCUT2D eigenvalue weighted by Crippen LogP contribution is 2.16. The Labute approximate surface area is 97.9 Å². The Hall–Kier alpha value is -0.930. The molecule has 1 aromatic heterocycles. The van der Waals surface area contributed by atoms with E-state index in [1.807, 2.05) is 32.2 Å². The molecule has 0 bridgehead atoms. The van der Waals surface area contributed by atoms with Crippen LogP contribution in [0, 0.1) is 0 Å². The number of rotatable bonds is 6. The van der Waals surface area contributed by atoms with Gasteiger partial charge in [0.25, 0.3) is 0 Å². The summed E-state index contributed by atoms with van der Waals surface area (Å²) < 4.78 is 0. The van der Waals surface area contributed by atoms with Crippen molar-refractivity contribution in [1.82, 2.24) is 10.3 Å². The molecule has 0 aliphatic heterocycles. The SMILES string of the molecule is CCC(O)(CC)CN[C@H](C)c1cccnc1. The molecular formula is C13H22N2O. The van der Waals surface area contributed by atoms with Gasteiger partial charge in [-0.1, -0.05) is 19.9 Å². The van der Waals surface area contributed by atoms with Crippen molar-refractivity contribution < 1.29 is 5.11 Å². The molecule has 0 amide bonds. The van der Waals surface area contributed by atoms with Crippen LogP contribution in [0.1, 0.15) is 45.2 Å². The third-order valence-electron chi connectivity index (χ3n) is 3.24. The van der Waals surface area contributed by atoms with Crippen LogP contribution in [0.15, 0.2) is 24.5 Å². The highest BCUT2D eigenvalue weighted by molar-refractivity contribution is 5.12. The van der Waals surface area contributed by atoms with Crippen molar-refractivity contribution in [3.8, 4) is 0 Å². The Morgan fingerprint density at radius 2 is 2.12 bits per heavy atom. The van der Waals surface area contributed by atoms with Gasteiger partial charge in [-0.25, -0.2) is 0 Å². The van der Waals surface area contributed by atoms with E-state index < -0.39 is 5.60 Å². The van der Waals surface area contributed by atoms with Crippen LogP contribution in [-0.4, -0.2) is 22.2 Å². The molecule has 1 heterocycles. The van der Waals surface area contributed by atoms with Crippen molar-refractivity contribution in [3.63, 3.8) is 0 Å². The third-order valence-corrected chi connectivity index (χ3v) is 3.24. The lowest BCUT2D eigenvalue weighted by Crippen LogP contribution is -2.40. The largest absolute Gasteiger partial charge is 0.389 e. The molecule has 0 fully saturated rings. The van der Waals surface area contributed by atoms with Crippen LogP contribution in [0.2, 0.25) is 0 Å². The van der Waals surface area contributed by atoms with Crippen molar-refractivity contribution in [3.05, 3.63) is 30.1 Å². The minimum absolute atomic E-state index is 0.221. The molecule has 0 radical (unpaired) electrons. The van der Waals surface area contributed by atoms with Gasteiger partial charge in [0.15, 0.2) is 0 Å². The lowest BCUT2D eigenvalue weighted by Gasteiger charge is -2.27. The normalized spacial score (nSPS) is 13.8.